The van der Waals surface area contributed by atoms with Crippen LogP contribution in [0.4, 0.5) is 0 Å². The molecule has 2 bridgehead atoms. The first-order chi connectivity index (χ1) is 15.7. The van der Waals surface area contributed by atoms with Crippen molar-refractivity contribution in [2.45, 2.75) is 50.6 Å². The predicted molar refractivity (Wildman–Crippen MR) is 124 cm³/mol. The summed E-state index contributed by atoms with van der Waals surface area (Å²) in [5.74, 6) is 2.14. The van der Waals surface area contributed by atoms with Gasteiger partial charge in [-0.3, -0.25) is 14.8 Å². The number of likely N-dealkylation sites (tertiary alicyclic amines) is 1. The highest BCUT2D eigenvalue weighted by atomic mass is 16.5. The number of nitrogens with zero attached hydrogens (tertiary/aromatic N) is 3. The minimum absolute atomic E-state index is 0.0899. The van der Waals surface area contributed by atoms with Crippen LogP contribution in [0.5, 0.6) is 5.75 Å². The molecule has 6 heteroatoms. The van der Waals surface area contributed by atoms with Gasteiger partial charge in [-0.2, -0.15) is 5.10 Å². The van der Waals surface area contributed by atoms with Gasteiger partial charge in [0.2, 0.25) is 0 Å². The summed E-state index contributed by atoms with van der Waals surface area (Å²) in [6, 6.07) is 10.7. The number of carbonyl (C=O) groups excluding carboxylic acids is 1. The van der Waals surface area contributed by atoms with Crippen LogP contribution in [0.1, 0.15) is 49.0 Å². The number of piperidine rings is 3. The van der Waals surface area contributed by atoms with Gasteiger partial charge in [-0.1, -0.05) is 18.1 Å². The van der Waals surface area contributed by atoms with E-state index in [1.807, 2.05) is 30.3 Å². The fraction of sp³-hybridized carbons (Fsp3) is 0.538. The second kappa shape index (κ2) is 8.07. The third kappa shape index (κ3) is 3.36. The molecule has 1 amide bonds. The van der Waals surface area contributed by atoms with Crippen LogP contribution >= 0.6 is 0 Å². The molecule has 3 fully saturated rings. The molecule has 168 valence electrons. The van der Waals surface area contributed by atoms with Crippen LogP contribution in [0.25, 0.3) is 11.3 Å². The third-order valence-electron chi connectivity index (χ3n) is 8.11. The van der Waals surface area contributed by atoms with Crippen molar-refractivity contribution in [3.8, 4) is 17.0 Å². The first kappa shape index (κ1) is 20.0. The first-order valence-corrected chi connectivity index (χ1v) is 12.2. The molecule has 3 saturated heterocycles. The number of nitrogens with one attached hydrogen (secondary N) is 1. The Hall–Kier alpha value is -2.60. The number of aromatic amines is 1. The molecule has 1 aliphatic carbocycles. The van der Waals surface area contributed by atoms with Crippen molar-refractivity contribution < 1.29 is 9.53 Å². The zero-order valence-electron chi connectivity index (χ0n) is 18.8. The highest BCUT2D eigenvalue weighted by molar-refractivity contribution is 5.94. The number of aromatic nitrogens is 2. The number of benzene rings is 1. The van der Waals surface area contributed by atoms with Crippen molar-refractivity contribution in [2.24, 2.45) is 11.8 Å². The zero-order chi connectivity index (χ0) is 21.7. The van der Waals surface area contributed by atoms with E-state index >= 15 is 0 Å². The van der Waals surface area contributed by atoms with Crippen LogP contribution in [0, 0.1) is 11.8 Å². The summed E-state index contributed by atoms with van der Waals surface area (Å²) < 4.78 is 5.25. The largest absolute Gasteiger partial charge is 0.497 e. The van der Waals surface area contributed by atoms with Crippen LogP contribution in [0.2, 0.25) is 0 Å². The molecule has 4 atom stereocenters. The predicted octanol–water partition coefficient (Wildman–Crippen LogP) is 4.12. The number of hydrogen-bond donors (Lipinski definition) is 1. The highest BCUT2D eigenvalue weighted by Crippen LogP contribution is 2.45. The number of H-pyrrole nitrogens is 1. The molecule has 6 nitrogen and oxygen atoms in total. The summed E-state index contributed by atoms with van der Waals surface area (Å²) >= 11 is 0. The minimum atomic E-state index is 0.0899. The maximum atomic E-state index is 13.6. The molecule has 4 heterocycles. The highest BCUT2D eigenvalue weighted by Gasteiger charge is 2.47. The van der Waals surface area contributed by atoms with Crippen molar-refractivity contribution in [1.82, 2.24) is 20.0 Å². The number of carbonyl (C=O) groups is 1. The average molecular weight is 433 g/mol. The van der Waals surface area contributed by atoms with E-state index in [0.29, 0.717) is 17.5 Å². The Balaban J connectivity index is 1.25. The normalized spacial score (nSPS) is 29.7. The molecule has 0 spiro atoms. The van der Waals surface area contributed by atoms with E-state index in [1.54, 1.807) is 7.11 Å². The van der Waals surface area contributed by atoms with Crippen LogP contribution in [0.3, 0.4) is 0 Å². The Labute approximate surface area is 189 Å². The number of ether oxygens (including phenoxy) is 1. The maximum Gasteiger partial charge on any atom is 0.272 e. The molecular formula is C26H32N4O2. The summed E-state index contributed by atoms with van der Waals surface area (Å²) in [4.78, 5) is 18.5. The van der Waals surface area contributed by atoms with Gasteiger partial charge in [0.15, 0.2) is 0 Å². The first-order valence-electron chi connectivity index (χ1n) is 12.2. The van der Waals surface area contributed by atoms with E-state index in [9.17, 15) is 4.79 Å². The lowest BCUT2D eigenvalue weighted by Crippen LogP contribution is -2.60. The van der Waals surface area contributed by atoms with Gasteiger partial charge in [-0.05, 0) is 80.8 Å². The second-order valence-electron chi connectivity index (χ2n) is 9.90. The molecule has 3 aliphatic heterocycles. The number of amides is 1. The topological polar surface area (TPSA) is 61.5 Å². The van der Waals surface area contributed by atoms with E-state index < -0.39 is 0 Å². The van der Waals surface area contributed by atoms with Gasteiger partial charge >= 0.3 is 0 Å². The summed E-state index contributed by atoms with van der Waals surface area (Å²) in [6.45, 7) is 3.21. The van der Waals surface area contributed by atoms with E-state index in [0.717, 1.165) is 49.0 Å². The standard InChI is InChI=1S/C26H32N4O2/c1-32-21-9-7-17(8-10-21)22-15-23(28-27-22)26(31)30-12-4-5-18-13-19-14-20(25(18)30)16-29-11-3-2-6-24(19)29/h7-10,13,15,19-20,24-25H,2-6,11-12,14,16H2,1H3,(H,27,28)/t19-,20+,24-,25+/m0/s1. The fourth-order valence-corrected chi connectivity index (χ4v) is 6.70. The summed E-state index contributed by atoms with van der Waals surface area (Å²) in [6.07, 6.45) is 10.0. The Morgan fingerprint density at radius 1 is 1.16 bits per heavy atom. The summed E-state index contributed by atoms with van der Waals surface area (Å²) in [5.41, 5.74) is 3.88. The SMILES string of the molecule is COc1ccc(-c2cc(C(=O)N3CCCC4=C[C@H]5C[C@H](CN6CCCC[C@@H]56)[C@@H]43)[nH]n2)cc1. The Kier molecular flexibility index (Phi) is 5.05. The van der Waals surface area contributed by atoms with Crippen molar-refractivity contribution >= 4 is 5.91 Å². The van der Waals surface area contributed by atoms with Gasteiger partial charge in [0.1, 0.15) is 11.4 Å². The lowest BCUT2D eigenvalue weighted by Gasteiger charge is -2.54. The molecular weight excluding hydrogens is 400 g/mol. The van der Waals surface area contributed by atoms with Gasteiger partial charge in [-0.25, -0.2) is 0 Å². The molecule has 1 N–H and O–H groups in total. The lowest BCUT2D eigenvalue weighted by atomic mass is 9.68. The second-order valence-corrected chi connectivity index (χ2v) is 9.90. The molecule has 0 radical (unpaired) electrons. The van der Waals surface area contributed by atoms with Crippen LogP contribution < -0.4 is 4.74 Å². The Bertz CT molecular complexity index is 1030. The van der Waals surface area contributed by atoms with Gasteiger partial charge in [0.05, 0.1) is 18.8 Å². The number of methoxy groups -OCH3 is 1. The van der Waals surface area contributed by atoms with Crippen LogP contribution in [0.15, 0.2) is 42.0 Å². The van der Waals surface area contributed by atoms with Gasteiger partial charge < -0.3 is 9.64 Å². The molecule has 2 aromatic rings. The molecule has 0 unspecified atom stereocenters. The van der Waals surface area contributed by atoms with Gasteiger partial charge in [0, 0.05) is 24.7 Å². The monoisotopic (exact) mass is 432 g/mol. The number of hydrogen-bond acceptors (Lipinski definition) is 4. The number of rotatable bonds is 3. The van der Waals surface area contributed by atoms with Crippen molar-refractivity contribution in [3.63, 3.8) is 0 Å². The zero-order valence-corrected chi connectivity index (χ0v) is 18.8. The average Bonchev–Trinajstić information content (AvgIpc) is 3.34. The van der Waals surface area contributed by atoms with E-state index in [1.165, 1.54) is 37.8 Å². The lowest BCUT2D eigenvalue weighted by molar-refractivity contribution is 0.00131. The van der Waals surface area contributed by atoms with Gasteiger partial charge in [-0.15, -0.1) is 0 Å². The molecule has 1 aromatic heterocycles. The van der Waals surface area contributed by atoms with Gasteiger partial charge in [0.25, 0.3) is 5.91 Å². The molecule has 1 aromatic carbocycles. The van der Waals surface area contributed by atoms with Crippen molar-refractivity contribution in [2.75, 3.05) is 26.7 Å². The minimum Gasteiger partial charge on any atom is -0.497 e. The Morgan fingerprint density at radius 3 is 2.88 bits per heavy atom. The maximum absolute atomic E-state index is 13.6. The van der Waals surface area contributed by atoms with E-state index in [-0.39, 0.29) is 11.9 Å². The molecule has 32 heavy (non-hydrogen) atoms. The van der Waals surface area contributed by atoms with Crippen LogP contribution in [-0.2, 0) is 0 Å². The van der Waals surface area contributed by atoms with E-state index in [2.05, 4.69) is 26.1 Å². The fourth-order valence-electron chi connectivity index (χ4n) is 6.70. The van der Waals surface area contributed by atoms with Crippen LogP contribution in [-0.4, -0.2) is 64.7 Å². The summed E-state index contributed by atoms with van der Waals surface area (Å²) in [5, 5.41) is 7.47. The smallest absolute Gasteiger partial charge is 0.272 e. The summed E-state index contributed by atoms with van der Waals surface area (Å²) in [7, 11) is 1.66. The van der Waals surface area contributed by atoms with Crippen molar-refractivity contribution in [3.05, 3.63) is 47.7 Å². The third-order valence-corrected chi connectivity index (χ3v) is 8.11. The van der Waals surface area contributed by atoms with Crippen molar-refractivity contribution in [1.29, 1.82) is 0 Å². The van der Waals surface area contributed by atoms with E-state index in [4.69, 9.17) is 4.74 Å². The molecule has 6 rings (SSSR count). The number of fused-ring (bicyclic) bond motifs is 6. The molecule has 4 aliphatic rings. The quantitative estimate of drug-likeness (QED) is 0.741. The Morgan fingerprint density at radius 2 is 2.03 bits per heavy atom. The molecule has 0 saturated carbocycles.